The highest BCUT2D eigenvalue weighted by molar-refractivity contribution is 6.22. The SMILES string of the molecule is c1ccc(-c2c(-c3ccccc3)c3cc(-c4cccc(N(c5cccc(-c6cccc7ccccc67)c5)c5ccc6c(c5)c5ccccc5n6-c5ccccc5)c4)ccc3c3ccccc23)cc1. The maximum absolute atomic E-state index is 2.43. The van der Waals surface area contributed by atoms with Crippen molar-refractivity contribution in [3.05, 3.63) is 267 Å². The molecule has 0 unspecified atom stereocenters. The Morgan fingerprint density at radius 3 is 1.50 bits per heavy atom. The molecule has 1 aromatic heterocycles. The molecule has 13 aromatic rings. The Morgan fingerprint density at radius 1 is 0.250 bits per heavy atom. The Bertz CT molecular complexity index is 4010. The number of hydrogen-bond donors (Lipinski definition) is 0. The predicted octanol–water partition coefficient (Wildman–Crippen LogP) is 18.4. The first kappa shape index (κ1) is 39.4. The van der Waals surface area contributed by atoms with E-state index in [1.807, 2.05) is 0 Å². The number of benzene rings is 12. The van der Waals surface area contributed by atoms with Gasteiger partial charge in [-0.3, -0.25) is 0 Å². The Balaban J connectivity index is 1.03. The van der Waals surface area contributed by atoms with E-state index in [1.54, 1.807) is 0 Å². The van der Waals surface area contributed by atoms with Gasteiger partial charge < -0.3 is 9.47 Å². The quantitative estimate of drug-likeness (QED) is 0.138. The lowest BCUT2D eigenvalue weighted by Gasteiger charge is -2.27. The largest absolute Gasteiger partial charge is 0.310 e. The van der Waals surface area contributed by atoms with Gasteiger partial charge in [0.25, 0.3) is 0 Å². The summed E-state index contributed by atoms with van der Waals surface area (Å²) in [6.07, 6.45) is 0. The van der Waals surface area contributed by atoms with Gasteiger partial charge >= 0.3 is 0 Å². The number of nitrogens with zero attached hydrogens (tertiary/aromatic N) is 2. The second kappa shape index (κ2) is 16.5. The van der Waals surface area contributed by atoms with E-state index >= 15 is 0 Å². The van der Waals surface area contributed by atoms with Crippen molar-refractivity contribution in [2.24, 2.45) is 0 Å². The van der Waals surface area contributed by atoms with Crippen LogP contribution in [-0.2, 0) is 0 Å². The fourth-order valence-electron chi connectivity index (χ4n) is 10.7. The lowest BCUT2D eigenvalue weighted by atomic mass is 9.84. The maximum atomic E-state index is 2.43. The van der Waals surface area contributed by atoms with E-state index in [2.05, 4.69) is 276 Å². The van der Waals surface area contributed by atoms with E-state index in [-0.39, 0.29) is 0 Å². The van der Waals surface area contributed by atoms with Crippen LogP contribution in [0.1, 0.15) is 0 Å². The summed E-state index contributed by atoms with van der Waals surface area (Å²) in [5.41, 5.74) is 16.4. The van der Waals surface area contributed by atoms with Gasteiger partial charge in [0, 0.05) is 33.5 Å². The summed E-state index contributed by atoms with van der Waals surface area (Å²) in [6, 6.07) is 97.6. The van der Waals surface area contributed by atoms with Gasteiger partial charge in [-0.15, -0.1) is 0 Å². The van der Waals surface area contributed by atoms with Crippen LogP contribution in [0.4, 0.5) is 17.1 Å². The first-order chi connectivity index (χ1) is 33.7. The van der Waals surface area contributed by atoms with Crippen molar-refractivity contribution in [2.75, 3.05) is 4.90 Å². The molecule has 2 heteroatoms. The monoisotopic (exact) mass is 864 g/mol. The minimum absolute atomic E-state index is 1.08. The summed E-state index contributed by atoms with van der Waals surface area (Å²) in [4.78, 5) is 2.43. The van der Waals surface area contributed by atoms with Gasteiger partial charge in [0.1, 0.15) is 0 Å². The zero-order chi connectivity index (χ0) is 45.0. The molecule has 0 saturated heterocycles. The van der Waals surface area contributed by atoms with Crippen molar-refractivity contribution >= 4 is 71.2 Å². The minimum atomic E-state index is 1.08. The van der Waals surface area contributed by atoms with Crippen molar-refractivity contribution in [2.45, 2.75) is 0 Å². The van der Waals surface area contributed by atoms with Gasteiger partial charge in [0.15, 0.2) is 0 Å². The van der Waals surface area contributed by atoms with Gasteiger partial charge in [-0.1, -0.05) is 200 Å². The normalized spacial score (nSPS) is 11.5. The number of para-hydroxylation sites is 2. The number of hydrogen-bond acceptors (Lipinski definition) is 1. The molecule has 68 heavy (non-hydrogen) atoms. The molecule has 1 heterocycles. The number of aromatic nitrogens is 1. The molecule has 0 bridgehead atoms. The van der Waals surface area contributed by atoms with Crippen molar-refractivity contribution in [1.82, 2.24) is 4.57 Å². The molecule has 0 amide bonds. The van der Waals surface area contributed by atoms with Crippen molar-refractivity contribution in [1.29, 1.82) is 0 Å². The molecular weight excluding hydrogens is 821 g/mol. The van der Waals surface area contributed by atoms with Crippen LogP contribution in [0.2, 0.25) is 0 Å². The van der Waals surface area contributed by atoms with Gasteiger partial charge in [-0.25, -0.2) is 0 Å². The van der Waals surface area contributed by atoms with Crippen LogP contribution in [-0.4, -0.2) is 4.57 Å². The number of rotatable bonds is 8. The first-order valence-corrected chi connectivity index (χ1v) is 23.4. The smallest absolute Gasteiger partial charge is 0.0542 e. The minimum Gasteiger partial charge on any atom is -0.310 e. The van der Waals surface area contributed by atoms with E-state index in [1.165, 1.54) is 87.5 Å². The van der Waals surface area contributed by atoms with E-state index in [0.717, 1.165) is 33.9 Å². The zero-order valence-corrected chi connectivity index (χ0v) is 37.3. The highest BCUT2D eigenvalue weighted by Crippen LogP contribution is 2.47. The fraction of sp³-hybridized carbons (Fsp3) is 0. The summed E-state index contributed by atoms with van der Waals surface area (Å²) in [5, 5.41) is 9.88. The standard InChI is InChI=1S/C66H44N2/c1-4-20-46(21-5-1)65-60-34-13-12-32-57(60)58-39-37-49(43-62(58)66(65)47-22-6-2-7-23-47)48-25-16-29-52(41-48)67(53-30-17-26-50(42-53)56-35-18-24-45-19-10-11-31-55(45)56)54-38-40-64-61(44-54)59-33-14-15-36-63(59)68(64)51-27-8-3-9-28-51/h1-44H. The van der Waals surface area contributed by atoms with Gasteiger partial charge in [0.05, 0.1) is 11.0 Å². The molecule has 12 aromatic carbocycles. The average Bonchev–Trinajstić information content (AvgIpc) is 3.75. The lowest BCUT2D eigenvalue weighted by Crippen LogP contribution is -2.10. The van der Waals surface area contributed by atoms with Crippen LogP contribution in [0.15, 0.2) is 267 Å². The molecule has 0 atom stereocenters. The van der Waals surface area contributed by atoms with Crippen molar-refractivity contribution in [3.63, 3.8) is 0 Å². The molecule has 0 N–H and O–H groups in total. The van der Waals surface area contributed by atoms with Crippen LogP contribution >= 0.6 is 0 Å². The Labute approximate surface area is 395 Å². The van der Waals surface area contributed by atoms with Gasteiger partial charge in [-0.05, 0) is 144 Å². The summed E-state index contributed by atoms with van der Waals surface area (Å²) < 4.78 is 2.39. The third kappa shape index (κ3) is 6.65. The molecule has 0 saturated carbocycles. The van der Waals surface area contributed by atoms with Gasteiger partial charge in [0.2, 0.25) is 0 Å². The Hall–Kier alpha value is -8.98. The Morgan fingerprint density at radius 2 is 0.750 bits per heavy atom. The van der Waals surface area contributed by atoms with Crippen LogP contribution < -0.4 is 4.90 Å². The topological polar surface area (TPSA) is 8.17 Å². The molecule has 2 nitrogen and oxygen atoms in total. The fourth-order valence-corrected chi connectivity index (χ4v) is 10.7. The molecule has 0 spiro atoms. The molecular formula is C66H44N2. The molecule has 0 aliphatic carbocycles. The third-order valence-electron chi connectivity index (χ3n) is 13.7. The molecule has 13 rings (SSSR count). The van der Waals surface area contributed by atoms with Crippen LogP contribution in [0, 0.1) is 0 Å². The highest BCUT2D eigenvalue weighted by atomic mass is 15.1. The van der Waals surface area contributed by atoms with Crippen LogP contribution in [0.25, 0.3) is 104 Å². The molecule has 0 aliphatic heterocycles. The highest BCUT2D eigenvalue weighted by Gasteiger charge is 2.21. The van der Waals surface area contributed by atoms with E-state index in [4.69, 9.17) is 0 Å². The van der Waals surface area contributed by atoms with Crippen LogP contribution in [0.3, 0.4) is 0 Å². The summed E-state index contributed by atoms with van der Waals surface area (Å²) in [6.45, 7) is 0. The predicted molar refractivity (Wildman–Crippen MR) is 290 cm³/mol. The van der Waals surface area contributed by atoms with E-state index < -0.39 is 0 Å². The van der Waals surface area contributed by atoms with Crippen molar-refractivity contribution < 1.29 is 0 Å². The third-order valence-corrected chi connectivity index (χ3v) is 13.7. The van der Waals surface area contributed by atoms with Crippen LogP contribution in [0.5, 0.6) is 0 Å². The van der Waals surface area contributed by atoms with Gasteiger partial charge in [-0.2, -0.15) is 0 Å². The Kier molecular flexibility index (Phi) is 9.54. The maximum Gasteiger partial charge on any atom is 0.0542 e. The zero-order valence-electron chi connectivity index (χ0n) is 37.3. The first-order valence-electron chi connectivity index (χ1n) is 23.4. The number of fused-ring (bicyclic) bond motifs is 7. The second-order valence-corrected chi connectivity index (χ2v) is 17.6. The summed E-state index contributed by atoms with van der Waals surface area (Å²) in [7, 11) is 0. The second-order valence-electron chi connectivity index (χ2n) is 17.6. The molecule has 318 valence electrons. The molecule has 0 radical (unpaired) electrons. The molecule has 0 aliphatic rings. The van der Waals surface area contributed by atoms with E-state index in [9.17, 15) is 0 Å². The summed E-state index contributed by atoms with van der Waals surface area (Å²) in [5.74, 6) is 0. The summed E-state index contributed by atoms with van der Waals surface area (Å²) >= 11 is 0. The lowest BCUT2D eigenvalue weighted by molar-refractivity contribution is 1.18. The molecule has 0 fully saturated rings. The van der Waals surface area contributed by atoms with E-state index in [0.29, 0.717) is 0 Å². The van der Waals surface area contributed by atoms with Crippen molar-refractivity contribution in [3.8, 4) is 50.2 Å². The average molecular weight is 865 g/mol. The number of anilines is 3.